The smallest absolute Gasteiger partial charge is 0.231 e. The van der Waals surface area contributed by atoms with Crippen LogP contribution in [0, 0.1) is 6.92 Å². The Labute approximate surface area is 194 Å². The first-order chi connectivity index (χ1) is 16.1. The van der Waals surface area contributed by atoms with Crippen LogP contribution < -0.4 is 20.3 Å². The topological polar surface area (TPSA) is 91.0 Å². The lowest BCUT2D eigenvalue weighted by Gasteiger charge is -2.23. The number of aryl methyl sites for hydroxylation is 1. The van der Waals surface area contributed by atoms with Gasteiger partial charge >= 0.3 is 0 Å². The summed E-state index contributed by atoms with van der Waals surface area (Å²) in [5.41, 5.74) is 4.47. The number of ether oxygens (including phenoxy) is 1. The summed E-state index contributed by atoms with van der Waals surface area (Å²) >= 11 is 0. The summed E-state index contributed by atoms with van der Waals surface area (Å²) in [6.07, 6.45) is 2.05. The third kappa shape index (κ3) is 5.34. The van der Waals surface area contributed by atoms with Crippen molar-refractivity contribution in [3.05, 3.63) is 54.1 Å². The van der Waals surface area contributed by atoms with Gasteiger partial charge in [0.15, 0.2) is 11.5 Å². The maximum Gasteiger partial charge on any atom is 0.231 e. The van der Waals surface area contributed by atoms with Gasteiger partial charge in [0.2, 0.25) is 11.9 Å². The van der Waals surface area contributed by atoms with Gasteiger partial charge in [-0.15, -0.1) is 0 Å². The molecule has 172 valence electrons. The molecule has 0 bridgehead atoms. The van der Waals surface area contributed by atoms with E-state index in [1.54, 1.807) is 7.11 Å². The summed E-state index contributed by atoms with van der Waals surface area (Å²) in [5, 5.41) is 6.67. The van der Waals surface area contributed by atoms with Crippen molar-refractivity contribution in [1.82, 2.24) is 19.9 Å². The highest BCUT2D eigenvalue weighted by atomic mass is 16.5. The van der Waals surface area contributed by atoms with Crippen molar-refractivity contribution < 1.29 is 4.74 Å². The number of nitrogens with zero attached hydrogens (tertiary/aromatic N) is 4. The molecule has 0 aliphatic carbocycles. The van der Waals surface area contributed by atoms with E-state index in [0.717, 1.165) is 54.4 Å². The van der Waals surface area contributed by atoms with Crippen molar-refractivity contribution >= 4 is 40.3 Å². The van der Waals surface area contributed by atoms with E-state index in [0.29, 0.717) is 17.5 Å². The number of rotatable bonds is 10. The number of hydrogen-bond donors (Lipinski definition) is 3. The van der Waals surface area contributed by atoms with E-state index in [1.165, 1.54) is 5.56 Å². The molecule has 0 saturated heterocycles. The van der Waals surface area contributed by atoms with Crippen LogP contribution in [-0.4, -0.2) is 40.1 Å². The predicted octanol–water partition coefficient (Wildman–Crippen LogP) is 5.78. The molecule has 4 rings (SSSR count). The van der Waals surface area contributed by atoms with Crippen LogP contribution >= 0.6 is 0 Å². The van der Waals surface area contributed by atoms with E-state index in [2.05, 4.69) is 53.4 Å². The minimum absolute atomic E-state index is 0.508. The van der Waals surface area contributed by atoms with Crippen molar-refractivity contribution in [1.29, 1.82) is 0 Å². The number of methoxy groups -OCH3 is 1. The predicted molar refractivity (Wildman–Crippen MR) is 135 cm³/mol. The maximum absolute atomic E-state index is 5.25. The lowest BCUT2D eigenvalue weighted by Crippen LogP contribution is -2.26. The van der Waals surface area contributed by atoms with E-state index >= 15 is 0 Å². The second-order valence-corrected chi connectivity index (χ2v) is 7.99. The second-order valence-electron chi connectivity index (χ2n) is 7.99. The van der Waals surface area contributed by atoms with Gasteiger partial charge in [-0.2, -0.15) is 15.0 Å². The number of fused-ring (bicyclic) bond motifs is 1. The molecule has 0 atom stereocenters. The van der Waals surface area contributed by atoms with Crippen molar-refractivity contribution in [3.8, 4) is 5.75 Å². The number of anilines is 5. The Kier molecular flexibility index (Phi) is 6.92. The number of benzene rings is 2. The average Bonchev–Trinajstić information content (AvgIpc) is 3.21. The van der Waals surface area contributed by atoms with Gasteiger partial charge in [0.25, 0.3) is 0 Å². The third-order valence-electron chi connectivity index (χ3n) is 5.25. The van der Waals surface area contributed by atoms with Crippen LogP contribution in [0.25, 0.3) is 11.2 Å². The first-order valence-corrected chi connectivity index (χ1v) is 11.4. The average molecular weight is 446 g/mol. The van der Waals surface area contributed by atoms with Gasteiger partial charge in [0.05, 0.1) is 7.11 Å². The van der Waals surface area contributed by atoms with E-state index in [1.807, 2.05) is 36.4 Å². The van der Waals surface area contributed by atoms with Gasteiger partial charge in [-0.1, -0.05) is 26.0 Å². The maximum atomic E-state index is 5.25. The summed E-state index contributed by atoms with van der Waals surface area (Å²) in [4.78, 5) is 20.0. The molecule has 0 unspecified atom stereocenters. The van der Waals surface area contributed by atoms with Crippen LogP contribution in [0.5, 0.6) is 5.75 Å². The summed E-state index contributed by atoms with van der Waals surface area (Å²) in [5.74, 6) is 2.80. The number of hydrogen-bond acceptors (Lipinski definition) is 7. The molecular formula is C25H31N7O. The second kappa shape index (κ2) is 10.2. The number of aromatic amines is 1. The van der Waals surface area contributed by atoms with Crippen LogP contribution in [0.3, 0.4) is 0 Å². The third-order valence-corrected chi connectivity index (χ3v) is 5.25. The molecule has 0 saturated carbocycles. The van der Waals surface area contributed by atoms with Gasteiger partial charge in [0, 0.05) is 24.5 Å². The molecule has 2 heterocycles. The Hall–Kier alpha value is -3.81. The van der Waals surface area contributed by atoms with Crippen LogP contribution in [0.1, 0.15) is 32.3 Å². The van der Waals surface area contributed by atoms with Gasteiger partial charge in [0.1, 0.15) is 11.3 Å². The highest BCUT2D eigenvalue weighted by molar-refractivity contribution is 5.87. The molecular weight excluding hydrogens is 414 g/mol. The Morgan fingerprint density at radius 3 is 2.33 bits per heavy atom. The minimum atomic E-state index is 0.508. The molecule has 2 aromatic heterocycles. The van der Waals surface area contributed by atoms with Crippen LogP contribution in [0.2, 0.25) is 0 Å². The van der Waals surface area contributed by atoms with E-state index in [4.69, 9.17) is 19.7 Å². The Morgan fingerprint density at radius 2 is 1.67 bits per heavy atom. The van der Waals surface area contributed by atoms with E-state index in [9.17, 15) is 0 Å². The van der Waals surface area contributed by atoms with Gasteiger partial charge in [-0.05, 0) is 61.7 Å². The lowest BCUT2D eigenvalue weighted by molar-refractivity contribution is 0.415. The van der Waals surface area contributed by atoms with Crippen LogP contribution in [0.15, 0.2) is 48.5 Å². The molecule has 0 aliphatic rings. The summed E-state index contributed by atoms with van der Waals surface area (Å²) in [6.45, 7) is 8.23. The first-order valence-electron chi connectivity index (χ1n) is 11.4. The zero-order chi connectivity index (χ0) is 23.2. The molecule has 8 heteroatoms. The zero-order valence-corrected chi connectivity index (χ0v) is 19.6. The summed E-state index contributed by atoms with van der Waals surface area (Å²) in [7, 11) is 1.65. The first kappa shape index (κ1) is 22.4. The van der Waals surface area contributed by atoms with Gasteiger partial charge < -0.3 is 25.3 Å². The SMILES string of the molecule is CCCN(CCC)c1nc(Nc2ccc(OC)cc2)nc2nc(Nc3cccc(C)c3)[nH]c12. The molecule has 33 heavy (non-hydrogen) atoms. The van der Waals surface area contributed by atoms with E-state index in [-0.39, 0.29) is 0 Å². The van der Waals surface area contributed by atoms with E-state index < -0.39 is 0 Å². The largest absolute Gasteiger partial charge is 0.497 e. The van der Waals surface area contributed by atoms with Crippen molar-refractivity contribution in [2.45, 2.75) is 33.6 Å². The molecule has 0 amide bonds. The Bertz CT molecular complexity index is 1200. The highest BCUT2D eigenvalue weighted by Crippen LogP contribution is 2.28. The quantitative estimate of drug-likeness (QED) is 0.285. The van der Waals surface area contributed by atoms with Gasteiger partial charge in [-0.3, -0.25) is 0 Å². The van der Waals surface area contributed by atoms with Crippen LogP contribution in [0.4, 0.5) is 29.1 Å². The molecule has 4 aromatic rings. The minimum Gasteiger partial charge on any atom is -0.497 e. The molecule has 2 aromatic carbocycles. The van der Waals surface area contributed by atoms with Crippen molar-refractivity contribution in [2.75, 3.05) is 35.7 Å². The fraction of sp³-hybridized carbons (Fsp3) is 0.320. The van der Waals surface area contributed by atoms with Crippen molar-refractivity contribution in [3.63, 3.8) is 0 Å². The molecule has 3 N–H and O–H groups in total. The Balaban J connectivity index is 1.73. The summed E-state index contributed by atoms with van der Waals surface area (Å²) in [6, 6.07) is 15.9. The summed E-state index contributed by atoms with van der Waals surface area (Å²) < 4.78 is 5.25. The molecule has 8 nitrogen and oxygen atoms in total. The lowest BCUT2D eigenvalue weighted by atomic mass is 10.2. The number of nitrogens with one attached hydrogen (secondary N) is 3. The molecule has 0 aliphatic heterocycles. The number of aromatic nitrogens is 4. The normalized spacial score (nSPS) is 10.9. The monoisotopic (exact) mass is 445 g/mol. The Morgan fingerprint density at radius 1 is 0.909 bits per heavy atom. The molecule has 0 fully saturated rings. The molecule has 0 radical (unpaired) electrons. The standard InChI is InChI=1S/C25H31N7O/c1-5-14-32(15-6-2)23-21-22(29-24(28-21)27-19-9-7-8-17(3)16-19)30-25(31-23)26-18-10-12-20(33-4)13-11-18/h7-13,16H,5-6,14-15H2,1-4H3,(H3,26,27,28,29,30,31). The number of imidazole rings is 1. The fourth-order valence-corrected chi connectivity index (χ4v) is 3.75. The fourth-order valence-electron chi connectivity index (χ4n) is 3.75. The zero-order valence-electron chi connectivity index (χ0n) is 19.6. The van der Waals surface area contributed by atoms with Gasteiger partial charge in [-0.25, -0.2) is 0 Å². The van der Waals surface area contributed by atoms with Crippen molar-refractivity contribution in [2.24, 2.45) is 0 Å². The number of H-pyrrole nitrogens is 1. The molecule has 0 spiro atoms. The van der Waals surface area contributed by atoms with Crippen LogP contribution in [-0.2, 0) is 0 Å². The highest BCUT2D eigenvalue weighted by Gasteiger charge is 2.18.